The number of tetrazole rings is 1. The van der Waals surface area contributed by atoms with E-state index in [1.54, 1.807) is 36.7 Å². The van der Waals surface area contributed by atoms with Gasteiger partial charge in [-0.2, -0.15) is 4.80 Å². The van der Waals surface area contributed by atoms with Crippen LogP contribution in [0.3, 0.4) is 0 Å². The van der Waals surface area contributed by atoms with Gasteiger partial charge in [0.25, 0.3) is 8.32 Å². The zero-order valence-electron chi connectivity index (χ0n) is 29.0. The van der Waals surface area contributed by atoms with E-state index in [2.05, 4.69) is 65.4 Å². The minimum atomic E-state index is -2.99. The van der Waals surface area contributed by atoms with Gasteiger partial charge in [0, 0.05) is 19.2 Å². The lowest BCUT2D eigenvalue weighted by molar-refractivity contribution is 0.0912. The number of carbonyl (C=O) groups is 1. The van der Waals surface area contributed by atoms with Crippen molar-refractivity contribution in [2.75, 3.05) is 6.61 Å². The van der Waals surface area contributed by atoms with E-state index in [-0.39, 0.29) is 41.8 Å². The Hall–Kier alpha value is -5.07. The van der Waals surface area contributed by atoms with E-state index in [0.717, 1.165) is 10.4 Å². The Morgan fingerprint density at radius 3 is 2.04 bits per heavy atom. The number of hydrogen-bond donors (Lipinski definition) is 0. The third-order valence-corrected chi connectivity index (χ3v) is 14.1. The van der Waals surface area contributed by atoms with Gasteiger partial charge >= 0.3 is 0 Å². The molecule has 0 spiro atoms. The molecule has 0 N–H and O–H groups in total. The SMILES string of the molecule is Cc1nc2c(OCc3c(F)cccc3F)cccn2c1C(=O)CC(C)(CO[Si](c1ccccc1)(c1ccccc1)C(C)(C)C)c1nnn(C)n1. The van der Waals surface area contributed by atoms with Crippen LogP contribution in [0.15, 0.2) is 97.2 Å². The van der Waals surface area contributed by atoms with E-state index < -0.39 is 25.4 Å². The first kappa shape index (κ1) is 34.8. The highest BCUT2D eigenvalue weighted by molar-refractivity contribution is 6.99. The molecule has 0 bridgehead atoms. The Bertz CT molecular complexity index is 2070. The predicted molar refractivity (Wildman–Crippen MR) is 189 cm³/mol. The summed E-state index contributed by atoms with van der Waals surface area (Å²) in [5.41, 5.74) is -0.00498. The first-order valence-electron chi connectivity index (χ1n) is 16.4. The minimum absolute atomic E-state index is 0.0168. The lowest BCUT2D eigenvalue weighted by Crippen LogP contribution is -2.67. The molecular weight excluding hydrogens is 655 g/mol. The second-order valence-electron chi connectivity index (χ2n) is 13.8. The summed E-state index contributed by atoms with van der Waals surface area (Å²) in [6.45, 7) is 10.1. The smallest absolute Gasteiger partial charge is 0.261 e. The Balaban J connectivity index is 1.37. The van der Waals surface area contributed by atoms with Crippen LogP contribution in [-0.2, 0) is 23.5 Å². The molecule has 0 saturated heterocycles. The fourth-order valence-corrected chi connectivity index (χ4v) is 11.3. The lowest BCUT2D eigenvalue weighted by Gasteiger charge is -2.44. The third-order valence-electron chi connectivity index (χ3n) is 9.11. The maximum Gasteiger partial charge on any atom is 0.261 e. The summed E-state index contributed by atoms with van der Waals surface area (Å²) in [6, 6.07) is 27.6. The first-order valence-corrected chi connectivity index (χ1v) is 18.3. The molecule has 0 saturated carbocycles. The molecule has 0 aliphatic rings. The van der Waals surface area contributed by atoms with Crippen LogP contribution in [0.4, 0.5) is 8.78 Å². The highest BCUT2D eigenvalue weighted by Crippen LogP contribution is 2.39. The largest absolute Gasteiger partial charge is 0.485 e. The van der Waals surface area contributed by atoms with Gasteiger partial charge in [-0.3, -0.25) is 9.20 Å². The number of fused-ring (bicyclic) bond motifs is 1. The van der Waals surface area contributed by atoms with Gasteiger partial charge in [-0.25, -0.2) is 13.8 Å². The number of aromatic nitrogens is 6. The number of aryl methyl sites for hydroxylation is 2. The van der Waals surface area contributed by atoms with Crippen LogP contribution >= 0.6 is 0 Å². The number of rotatable bonds is 12. The second kappa shape index (κ2) is 13.7. The number of imidazole rings is 1. The van der Waals surface area contributed by atoms with Crippen LogP contribution in [0.2, 0.25) is 5.04 Å². The maximum atomic E-state index is 14.4. The molecule has 12 heteroatoms. The van der Waals surface area contributed by atoms with Gasteiger partial charge in [-0.05, 0) is 58.7 Å². The van der Waals surface area contributed by atoms with Crippen molar-refractivity contribution in [2.24, 2.45) is 7.05 Å². The molecule has 0 aliphatic carbocycles. The Labute approximate surface area is 291 Å². The van der Waals surface area contributed by atoms with Crippen molar-refractivity contribution >= 4 is 30.1 Å². The molecule has 6 rings (SSSR count). The number of ether oxygens (including phenoxy) is 1. The average molecular weight is 695 g/mol. The van der Waals surface area contributed by atoms with Crippen LogP contribution < -0.4 is 15.1 Å². The monoisotopic (exact) mass is 694 g/mol. The van der Waals surface area contributed by atoms with Gasteiger partial charge in [0.1, 0.15) is 23.9 Å². The molecule has 0 aliphatic heterocycles. The summed E-state index contributed by atoms with van der Waals surface area (Å²) in [4.78, 5) is 20.5. The molecule has 50 heavy (non-hydrogen) atoms. The van der Waals surface area contributed by atoms with Crippen LogP contribution in [0.1, 0.15) is 61.7 Å². The van der Waals surface area contributed by atoms with Crippen molar-refractivity contribution in [1.29, 1.82) is 0 Å². The highest BCUT2D eigenvalue weighted by Gasteiger charge is 2.52. The molecule has 0 radical (unpaired) electrons. The normalized spacial score (nSPS) is 13.4. The van der Waals surface area contributed by atoms with Crippen molar-refractivity contribution in [3.05, 3.63) is 132 Å². The molecular formula is C38H40F2N6O3Si. The van der Waals surface area contributed by atoms with Gasteiger partial charge in [-0.1, -0.05) is 87.5 Å². The van der Waals surface area contributed by atoms with Gasteiger partial charge in [0.15, 0.2) is 23.0 Å². The number of hydrogen-bond acceptors (Lipinski definition) is 7. The second-order valence-corrected chi connectivity index (χ2v) is 18.1. The van der Waals surface area contributed by atoms with Crippen molar-refractivity contribution in [3.8, 4) is 5.75 Å². The van der Waals surface area contributed by atoms with E-state index in [4.69, 9.17) is 9.16 Å². The van der Waals surface area contributed by atoms with Crippen LogP contribution in [-0.4, -0.2) is 50.3 Å². The van der Waals surface area contributed by atoms with E-state index in [9.17, 15) is 13.6 Å². The molecule has 1 atom stereocenters. The fourth-order valence-electron chi connectivity index (χ4n) is 6.61. The molecule has 3 heterocycles. The zero-order valence-corrected chi connectivity index (χ0v) is 30.0. The quantitative estimate of drug-likeness (QED) is 0.112. The van der Waals surface area contributed by atoms with Crippen molar-refractivity contribution in [1.82, 2.24) is 29.6 Å². The molecule has 0 fully saturated rings. The number of ketones is 1. The average Bonchev–Trinajstić information content (AvgIpc) is 3.68. The van der Waals surface area contributed by atoms with Crippen molar-refractivity contribution in [2.45, 2.75) is 58.1 Å². The molecule has 9 nitrogen and oxygen atoms in total. The van der Waals surface area contributed by atoms with E-state index in [1.807, 2.05) is 43.3 Å². The van der Waals surface area contributed by atoms with Gasteiger partial charge in [-0.15, -0.1) is 10.2 Å². The Kier molecular flexibility index (Phi) is 9.51. The Morgan fingerprint density at radius 1 is 0.860 bits per heavy atom. The molecule has 6 aromatic rings. The number of benzene rings is 3. The van der Waals surface area contributed by atoms with Gasteiger partial charge in [0.2, 0.25) is 0 Å². The Morgan fingerprint density at radius 2 is 1.48 bits per heavy atom. The topological polar surface area (TPSA) is 96.4 Å². The minimum Gasteiger partial charge on any atom is -0.485 e. The summed E-state index contributed by atoms with van der Waals surface area (Å²) in [6.07, 6.45) is 1.70. The summed E-state index contributed by atoms with van der Waals surface area (Å²) < 4.78 is 43.5. The summed E-state index contributed by atoms with van der Waals surface area (Å²) in [7, 11) is -1.31. The van der Waals surface area contributed by atoms with Crippen molar-refractivity contribution < 1.29 is 22.7 Å². The molecule has 258 valence electrons. The molecule has 3 aromatic heterocycles. The summed E-state index contributed by atoms with van der Waals surface area (Å²) in [5.74, 6) is -0.957. The van der Waals surface area contributed by atoms with Crippen LogP contribution in [0, 0.1) is 18.6 Å². The number of pyridine rings is 1. The highest BCUT2D eigenvalue weighted by atomic mass is 28.4. The lowest BCUT2D eigenvalue weighted by atomic mass is 9.84. The third kappa shape index (κ3) is 6.48. The van der Waals surface area contributed by atoms with Gasteiger partial charge in [0.05, 0.1) is 23.7 Å². The molecule has 0 amide bonds. The predicted octanol–water partition coefficient (Wildman–Crippen LogP) is 6.13. The van der Waals surface area contributed by atoms with Gasteiger partial charge < -0.3 is 9.16 Å². The standard InChI is InChI=1S/C38H40F2N6O3Si/c1-26-34(46-22-14-21-33(35(46)41-26)48-24-29-30(39)19-13-20-31(29)40)32(47)23-38(5,36-42-44-45(6)43-36)25-49-50(37(2,3)4,27-15-9-7-10-16-27)28-17-11-8-12-18-28/h7-22H,23-25H2,1-6H3. The van der Waals surface area contributed by atoms with Crippen molar-refractivity contribution in [3.63, 3.8) is 0 Å². The number of halogens is 2. The first-order chi connectivity index (χ1) is 23.8. The van der Waals surface area contributed by atoms with E-state index in [1.165, 1.54) is 23.0 Å². The number of carbonyl (C=O) groups excluding carboxylic acids is 1. The van der Waals surface area contributed by atoms with E-state index in [0.29, 0.717) is 22.9 Å². The summed E-state index contributed by atoms with van der Waals surface area (Å²) >= 11 is 0. The van der Waals surface area contributed by atoms with Crippen LogP contribution in [0.25, 0.3) is 5.65 Å². The van der Waals surface area contributed by atoms with Crippen LogP contribution in [0.5, 0.6) is 5.75 Å². The summed E-state index contributed by atoms with van der Waals surface area (Å²) in [5, 5.41) is 15.0. The zero-order chi connectivity index (χ0) is 35.7. The maximum absolute atomic E-state index is 14.4. The molecule has 3 aromatic carbocycles. The fraction of sp³-hybridized carbons (Fsp3) is 0.289. The number of nitrogens with zero attached hydrogens (tertiary/aromatic N) is 6. The number of Topliss-reactive ketones (excluding diaryl/α,β-unsaturated/α-hetero) is 1. The van der Waals surface area contributed by atoms with E-state index >= 15 is 0 Å². The molecule has 1 unspecified atom stereocenters.